The van der Waals surface area contributed by atoms with Crippen LogP contribution < -0.4 is 24.8 Å². The Labute approximate surface area is 328 Å². The lowest BCUT2D eigenvalue weighted by atomic mass is 9.86. The highest BCUT2D eigenvalue weighted by molar-refractivity contribution is 8.24. The van der Waals surface area contributed by atoms with Gasteiger partial charge in [0.15, 0.2) is 5.75 Å². The number of sulfonamides is 1. The molecule has 0 spiro atoms. The Balaban J connectivity index is 1.22. The highest BCUT2D eigenvalue weighted by Gasteiger charge is 2.28. The highest BCUT2D eigenvalue weighted by Crippen LogP contribution is 2.41. The van der Waals surface area contributed by atoms with E-state index in [9.17, 15) is 27.1 Å². The summed E-state index contributed by atoms with van der Waals surface area (Å²) in [5.41, 5.74) is 5.66. The molecule has 56 heavy (non-hydrogen) atoms. The van der Waals surface area contributed by atoms with Crippen molar-refractivity contribution in [2.75, 3.05) is 60.4 Å². The van der Waals surface area contributed by atoms with Crippen LogP contribution in [0.15, 0.2) is 72.9 Å². The summed E-state index contributed by atoms with van der Waals surface area (Å²) < 4.78 is 57.8. The lowest BCUT2D eigenvalue weighted by molar-refractivity contribution is 0.0764. The van der Waals surface area contributed by atoms with E-state index in [2.05, 4.69) is 25.3 Å². The first kappa shape index (κ1) is 40.2. The number of aromatic nitrogens is 2. The zero-order chi connectivity index (χ0) is 40.6. The SMILES string of the molecule is COc1cc(Nc2ncc3cc(-c4cc(C(=O)Nc5cc(C(C)(C)C)cc(NS(C)(=O)=O)c5OC)ccc4C)ccc3n2)ccc1C(=O)N1CCS(O)(O)CC1. The zero-order valence-corrected chi connectivity index (χ0v) is 33.9. The molecule has 6 rings (SSSR count). The van der Waals surface area contributed by atoms with E-state index in [0.717, 1.165) is 33.9 Å². The van der Waals surface area contributed by atoms with Gasteiger partial charge in [-0.25, -0.2) is 18.4 Å². The third kappa shape index (κ3) is 9.16. The van der Waals surface area contributed by atoms with Crippen LogP contribution in [0.5, 0.6) is 11.5 Å². The molecule has 1 fully saturated rings. The molecule has 1 aromatic heterocycles. The smallest absolute Gasteiger partial charge is 0.257 e. The number of hydrogen-bond acceptors (Lipinski definition) is 11. The number of nitrogens with one attached hydrogen (secondary N) is 3. The van der Waals surface area contributed by atoms with Gasteiger partial charge in [0.25, 0.3) is 11.8 Å². The maximum Gasteiger partial charge on any atom is 0.257 e. The van der Waals surface area contributed by atoms with Crippen LogP contribution in [0.3, 0.4) is 0 Å². The number of hydrogen-bond donors (Lipinski definition) is 5. The van der Waals surface area contributed by atoms with Crippen molar-refractivity contribution in [3.63, 3.8) is 0 Å². The Morgan fingerprint density at radius 3 is 2.29 bits per heavy atom. The second-order valence-electron chi connectivity index (χ2n) is 14.7. The molecule has 2 amide bonds. The zero-order valence-electron chi connectivity index (χ0n) is 32.3. The average molecular weight is 803 g/mol. The van der Waals surface area contributed by atoms with Crippen molar-refractivity contribution in [3.05, 3.63) is 95.2 Å². The molecule has 1 saturated heterocycles. The lowest BCUT2D eigenvalue weighted by Crippen LogP contribution is -2.42. The van der Waals surface area contributed by atoms with Crippen LogP contribution in [0.1, 0.15) is 52.6 Å². The fraction of sp³-hybridized carbons (Fsp3) is 0.300. The molecule has 0 atom stereocenters. The maximum atomic E-state index is 13.7. The van der Waals surface area contributed by atoms with Crippen LogP contribution in [-0.4, -0.2) is 89.3 Å². The molecule has 1 aliphatic heterocycles. The Bertz CT molecular complexity index is 2440. The van der Waals surface area contributed by atoms with Gasteiger partial charge in [0.05, 0.1) is 54.4 Å². The van der Waals surface area contributed by atoms with Crippen molar-refractivity contribution in [3.8, 4) is 22.6 Å². The molecule has 0 unspecified atom stereocenters. The summed E-state index contributed by atoms with van der Waals surface area (Å²) in [4.78, 5) is 37.8. The number of aryl methyl sites for hydroxylation is 1. The van der Waals surface area contributed by atoms with Gasteiger partial charge in [0.1, 0.15) is 5.75 Å². The van der Waals surface area contributed by atoms with Crippen molar-refractivity contribution in [1.29, 1.82) is 0 Å². The Morgan fingerprint density at radius 2 is 1.62 bits per heavy atom. The molecule has 5 N–H and O–H groups in total. The molecule has 16 heteroatoms. The highest BCUT2D eigenvalue weighted by atomic mass is 32.3. The van der Waals surface area contributed by atoms with E-state index in [1.54, 1.807) is 53.6 Å². The van der Waals surface area contributed by atoms with E-state index in [0.29, 0.717) is 39.7 Å². The van der Waals surface area contributed by atoms with Gasteiger partial charge in [0.2, 0.25) is 16.0 Å². The largest absolute Gasteiger partial charge is 0.496 e. The van der Waals surface area contributed by atoms with Crippen LogP contribution in [0.4, 0.5) is 23.0 Å². The van der Waals surface area contributed by atoms with E-state index < -0.39 is 26.5 Å². The van der Waals surface area contributed by atoms with Gasteiger partial charge in [-0.3, -0.25) is 23.4 Å². The fourth-order valence-electron chi connectivity index (χ4n) is 6.35. The van der Waals surface area contributed by atoms with Gasteiger partial charge < -0.3 is 25.0 Å². The summed E-state index contributed by atoms with van der Waals surface area (Å²) in [7, 11) is -3.37. The molecule has 1 aliphatic rings. The number of fused-ring (bicyclic) bond motifs is 1. The number of anilines is 4. The number of carbonyl (C=O) groups excluding carboxylic acids is 2. The molecule has 14 nitrogen and oxygen atoms in total. The van der Waals surface area contributed by atoms with E-state index in [-0.39, 0.29) is 47.4 Å². The van der Waals surface area contributed by atoms with Crippen molar-refractivity contribution < 1.29 is 36.6 Å². The summed E-state index contributed by atoms with van der Waals surface area (Å²) in [6, 6.07) is 19.7. The minimum atomic E-state index is -3.64. The van der Waals surface area contributed by atoms with E-state index in [1.807, 2.05) is 52.0 Å². The second kappa shape index (κ2) is 15.6. The lowest BCUT2D eigenvalue weighted by Gasteiger charge is -2.41. The number of nitrogens with zero attached hydrogens (tertiary/aromatic N) is 3. The van der Waals surface area contributed by atoms with Crippen molar-refractivity contribution in [1.82, 2.24) is 14.9 Å². The number of benzene rings is 4. The molecule has 0 bridgehead atoms. The Morgan fingerprint density at radius 1 is 0.911 bits per heavy atom. The molecule has 0 radical (unpaired) electrons. The van der Waals surface area contributed by atoms with Crippen LogP contribution in [0, 0.1) is 6.92 Å². The van der Waals surface area contributed by atoms with Gasteiger partial charge in [-0.1, -0.05) is 32.9 Å². The Kier molecular flexibility index (Phi) is 11.2. The number of rotatable bonds is 10. The molecule has 296 valence electrons. The third-order valence-corrected chi connectivity index (χ3v) is 11.7. The Hall–Kier alpha value is -5.42. The summed E-state index contributed by atoms with van der Waals surface area (Å²) in [5, 5.41) is 6.89. The van der Waals surface area contributed by atoms with Crippen molar-refractivity contribution in [2.24, 2.45) is 0 Å². The topological polar surface area (TPSA) is 192 Å². The predicted molar refractivity (Wildman–Crippen MR) is 223 cm³/mol. The average Bonchev–Trinajstić information content (AvgIpc) is 3.13. The molecule has 4 aromatic carbocycles. The van der Waals surface area contributed by atoms with E-state index in [4.69, 9.17) is 9.47 Å². The fourth-order valence-corrected chi connectivity index (χ4v) is 8.14. The van der Waals surface area contributed by atoms with Gasteiger partial charge in [-0.2, -0.15) is 10.6 Å². The number of amides is 2. The van der Waals surface area contributed by atoms with Crippen molar-refractivity contribution in [2.45, 2.75) is 33.1 Å². The minimum absolute atomic E-state index is 0.157. The first-order valence-electron chi connectivity index (χ1n) is 17.7. The molecule has 2 heterocycles. The quantitative estimate of drug-likeness (QED) is 0.0940. The predicted octanol–water partition coefficient (Wildman–Crippen LogP) is 7.49. The van der Waals surface area contributed by atoms with Crippen LogP contribution in [-0.2, 0) is 15.4 Å². The first-order valence-corrected chi connectivity index (χ1v) is 21.5. The summed E-state index contributed by atoms with van der Waals surface area (Å²) in [6.07, 6.45) is 2.76. The molecule has 0 saturated carbocycles. The molecular formula is C40H46N6O8S2. The van der Waals surface area contributed by atoms with Gasteiger partial charge in [-0.15, -0.1) is 0 Å². The van der Waals surface area contributed by atoms with Gasteiger partial charge >= 0.3 is 0 Å². The monoisotopic (exact) mass is 802 g/mol. The summed E-state index contributed by atoms with van der Waals surface area (Å²) in [6.45, 7) is 8.44. The van der Waals surface area contributed by atoms with E-state index in [1.165, 1.54) is 14.2 Å². The first-order chi connectivity index (χ1) is 26.3. The molecular weight excluding hydrogens is 757 g/mol. The minimum Gasteiger partial charge on any atom is -0.496 e. The third-order valence-electron chi connectivity index (χ3n) is 9.44. The number of ether oxygens (including phenoxy) is 2. The molecule has 0 aliphatic carbocycles. The van der Waals surface area contributed by atoms with E-state index >= 15 is 0 Å². The van der Waals surface area contributed by atoms with Crippen LogP contribution >= 0.6 is 10.6 Å². The standard InChI is InChI=1S/C40H46N6O8S2/c1-24-8-9-26(37(47)43-33-20-28(40(2,3)4)21-34(36(33)54-6)45-55(7,49)50)19-31(24)25-10-13-32-27(18-25)23-41-39(44-32)42-29-11-12-30(35(22-29)53-5)38(48)46-14-16-56(51,52)17-15-46/h8-13,18-23,45,51-52H,14-17H2,1-7H3,(H,43,47)(H,41,42,44). The second-order valence-corrected chi connectivity index (χ2v) is 18.9. The van der Waals surface area contributed by atoms with Gasteiger partial charge in [0, 0.05) is 42.0 Å². The number of carbonyl (C=O) groups is 2. The van der Waals surface area contributed by atoms with Gasteiger partial charge in [-0.05, 0) is 83.1 Å². The van der Waals surface area contributed by atoms with Crippen LogP contribution in [0.2, 0.25) is 0 Å². The van der Waals surface area contributed by atoms with Crippen molar-refractivity contribution >= 4 is 66.3 Å². The normalized spacial score (nSPS) is 14.8. The maximum absolute atomic E-state index is 13.7. The summed E-state index contributed by atoms with van der Waals surface area (Å²) in [5.74, 6) is 0.559. The molecule has 5 aromatic rings. The number of methoxy groups -OCH3 is 2. The summed E-state index contributed by atoms with van der Waals surface area (Å²) >= 11 is 0. The van der Waals surface area contributed by atoms with Crippen LogP contribution in [0.25, 0.3) is 22.0 Å².